The highest BCUT2D eigenvalue weighted by molar-refractivity contribution is 6.62. The third-order valence-corrected chi connectivity index (χ3v) is 4.69. The van der Waals surface area contributed by atoms with Crippen molar-refractivity contribution in [3.63, 3.8) is 0 Å². The second-order valence-corrected chi connectivity index (χ2v) is 6.85. The molecule has 1 fully saturated rings. The van der Waals surface area contributed by atoms with Gasteiger partial charge in [-0.25, -0.2) is 4.98 Å². The zero-order valence-electron chi connectivity index (χ0n) is 14.1. The van der Waals surface area contributed by atoms with Gasteiger partial charge in [-0.2, -0.15) is 9.65 Å². The number of nitrogens with zero attached hydrogens (tertiary/aromatic N) is 2. The number of nitriles is 1. The summed E-state index contributed by atoms with van der Waals surface area (Å²) in [5.74, 6) is -0.615. The zero-order chi connectivity index (χ0) is 17.5. The molecule has 4 nitrogen and oxygen atoms in total. The highest BCUT2D eigenvalue weighted by Crippen LogP contribution is 2.36. The molecule has 1 aliphatic heterocycles. The van der Waals surface area contributed by atoms with Gasteiger partial charge in [0.15, 0.2) is 0 Å². The molecule has 6 heteroatoms. The molecule has 1 aliphatic rings. The van der Waals surface area contributed by atoms with Gasteiger partial charge in [0.1, 0.15) is 0 Å². The van der Waals surface area contributed by atoms with E-state index in [2.05, 4.69) is 11.1 Å². The molecular weight excluding hydrogens is 306 g/mol. The molecule has 0 radical (unpaired) electrons. The summed E-state index contributed by atoms with van der Waals surface area (Å²) >= 11 is 0. The number of aromatic nitrogens is 1. The number of benzene rings is 1. The lowest BCUT2D eigenvalue weighted by atomic mass is 9.80. The minimum Gasteiger partial charge on any atom is -0.399 e. The maximum absolute atomic E-state index is 14.5. The van der Waals surface area contributed by atoms with Crippen molar-refractivity contribution in [1.29, 1.82) is 5.26 Å². The lowest BCUT2D eigenvalue weighted by Crippen LogP contribution is -2.41. The van der Waals surface area contributed by atoms with Gasteiger partial charge < -0.3 is 9.31 Å². The SMILES string of the molecule is CC1(C)OB(c2ccc(-c3ccc(C#N)cc3)nc2F)OC1(C)C. The molecule has 0 atom stereocenters. The van der Waals surface area contributed by atoms with E-state index < -0.39 is 24.3 Å². The topological polar surface area (TPSA) is 55.1 Å². The maximum Gasteiger partial charge on any atom is 0.499 e. The van der Waals surface area contributed by atoms with Gasteiger partial charge in [-0.3, -0.25) is 0 Å². The van der Waals surface area contributed by atoms with Crippen molar-refractivity contribution < 1.29 is 13.7 Å². The van der Waals surface area contributed by atoms with E-state index in [1.807, 2.05) is 27.7 Å². The molecule has 0 saturated carbocycles. The van der Waals surface area contributed by atoms with Crippen molar-refractivity contribution in [2.45, 2.75) is 38.9 Å². The Morgan fingerprint density at radius 1 is 1.00 bits per heavy atom. The minimum atomic E-state index is -0.780. The average Bonchev–Trinajstić information content (AvgIpc) is 2.75. The first kappa shape index (κ1) is 16.6. The summed E-state index contributed by atoms with van der Waals surface area (Å²) in [4.78, 5) is 4.03. The Kier molecular flexibility index (Phi) is 3.94. The summed E-state index contributed by atoms with van der Waals surface area (Å²) in [7, 11) is -0.780. The molecule has 0 N–H and O–H groups in total. The lowest BCUT2D eigenvalue weighted by Gasteiger charge is -2.32. The van der Waals surface area contributed by atoms with Gasteiger partial charge in [-0.1, -0.05) is 18.2 Å². The van der Waals surface area contributed by atoms with E-state index in [0.717, 1.165) is 5.56 Å². The molecule has 0 unspecified atom stereocenters. The van der Waals surface area contributed by atoms with Crippen LogP contribution in [-0.2, 0) is 9.31 Å². The molecule has 122 valence electrons. The Morgan fingerprint density at radius 2 is 1.58 bits per heavy atom. The molecule has 1 aromatic carbocycles. The van der Waals surface area contributed by atoms with Gasteiger partial charge in [-0.15, -0.1) is 0 Å². The first-order chi connectivity index (χ1) is 11.2. The monoisotopic (exact) mass is 324 g/mol. The standard InChI is InChI=1S/C18H18BFN2O2/c1-17(2)18(3,4)24-19(23-17)14-9-10-15(22-16(14)20)13-7-5-12(11-21)6-8-13/h5-10H,1-4H3. The van der Waals surface area contributed by atoms with E-state index in [-0.39, 0.29) is 5.46 Å². The van der Waals surface area contributed by atoms with Crippen LogP contribution in [0, 0.1) is 17.3 Å². The van der Waals surface area contributed by atoms with Gasteiger partial charge in [0.05, 0.1) is 28.5 Å². The van der Waals surface area contributed by atoms with Crippen LogP contribution in [0.2, 0.25) is 0 Å². The van der Waals surface area contributed by atoms with E-state index in [0.29, 0.717) is 11.3 Å². The molecule has 0 aliphatic carbocycles. The van der Waals surface area contributed by atoms with Crippen molar-refractivity contribution in [3.05, 3.63) is 47.9 Å². The Balaban J connectivity index is 1.90. The van der Waals surface area contributed by atoms with Crippen molar-refractivity contribution >= 4 is 12.6 Å². The van der Waals surface area contributed by atoms with Crippen LogP contribution in [0.1, 0.15) is 33.3 Å². The second kappa shape index (κ2) is 5.69. The average molecular weight is 324 g/mol. The molecule has 0 bridgehead atoms. The number of hydrogen-bond donors (Lipinski definition) is 0. The van der Waals surface area contributed by atoms with Gasteiger partial charge in [0.2, 0.25) is 5.95 Å². The number of halogens is 1. The van der Waals surface area contributed by atoms with Gasteiger partial charge in [-0.05, 0) is 45.9 Å². The fourth-order valence-corrected chi connectivity index (χ4v) is 2.47. The highest BCUT2D eigenvalue weighted by atomic mass is 19.1. The van der Waals surface area contributed by atoms with E-state index in [9.17, 15) is 4.39 Å². The molecule has 2 aromatic rings. The van der Waals surface area contributed by atoms with Crippen molar-refractivity contribution in [2.24, 2.45) is 0 Å². The van der Waals surface area contributed by atoms with Gasteiger partial charge in [0, 0.05) is 11.0 Å². The highest BCUT2D eigenvalue weighted by Gasteiger charge is 2.52. The van der Waals surface area contributed by atoms with Crippen LogP contribution in [0.4, 0.5) is 4.39 Å². The fraction of sp³-hybridized carbons (Fsp3) is 0.333. The third-order valence-electron chi connectivity index (χ3n) is 4.69. The fourth-order valence-electron chi connectivity index (χ4n) is 2.47. The normalized spacial score (nSPS) is 18.4. The summed E-state index contributed by atoms with van der Waals surface area (Å²) in [6.07, 6.45) is 0. The summed E-state index contributed by atoms with van der Waals surface area (Å²) in [6, 6.07) is 12.3. The molecule has 0 amide bonds. The largest absolute Gasteiger partial charge is 0.499 e. The van der Waals surface area contributed by atoms with Crippen molar-refractivity contribution in [2.75, 3.05) is 0 Å². The minimum absolute atomic E-state index is 0.283. The van der Waals surface area contributed by atoms with Crippen LogP contribution < -0.4 is 5.46 Å². The quantitative estimate of drug-likeness (QED) is 0.629. The summed E-state index contributed by atoms with van der Waals surface area (Å²) < 4.78 is 26.3. The maximum atomic E-state index is 14.5. The van der Waals surface area contributed by atoms with Crippen LogP contribution in [0.3, 0.4) is 0 Å². The third kappa shape index (κ3) is 2.81. The Hall–Kier alpha value is -2.23. The molecular formula is C18H18BFN2O2. The molecule has 1 aromatic heterocycles. The molecule has 24 heavy (non-hydrogen) atoms. The molecule has 2 heterocycles. The first-order valence-electron chi connectivity index (χ1n) is 7.76. The van der Waals surface area contributed by atoms with Crippen molar-refractivity contribution in [3.8, 4) is 17.3 Å². The summed E-state index contributed by atoms with van der Waals surface area (Å²) in [6.45, 7) is 7.68. The van der Waals surface area contributed by atoms with Gasteiger partial charge >= 0.3 is 7.12 Å². The zero-order valence-corrected chi connectivity index (χ0v) is 14.1. The summed E-state index contributed by atoms with van der Waals surface area (Å²) in [5, 5.41) is 8.83. The smallest absolute Gasteiger partial charge is 0.399 e. The van der Waals surface area contributed by atoms with E-state index in [1.54, 1.807) is 36.4 Å². The predicted molar refractivity (Wildman–Crippen MR) is 90.1 cm³/mol. The molecule has 1 saturated heterocycles. The Labute approximate surface area is 141 Å². The number of hydrogen-bond acceptors (Lipinski definition) is 4. The van der Waals surface area contributed by atoms with E-state index in [1.165, 1.54) is 0 Å². The van der Waals surface area contributed by atoms with E-state index >= 15 is 0 Å². The van der Waals surface area contributed by atoms with Crippen LogP contribution in [0.5, 0.6) is 0 Å². The lowest BCUT2D eigenvalue weighted by molar-refractivity contribution is 0.00578. The Morgan fingerprint density at radius 3 is 2.08 bits per heavy atom. The van der Waals surface area contributed by atoms with Crippen molar-refractivity contribution in [1.82, 2.24) is 4.98 Å². The number of rotatable bonds is 2. The van der Waals surface area contributed by atoms with Crippen LogP contribution in [0.25, 0.3) is 11.3 Å². The van der Waals surface area contributed by atoms with Crippen LogP contribution >= 0.6 is 0 Å². The first-order valence-corrected chi connectivity index (χ1v) is 7.76. The predicted octanol–water partition coefficient (Wildman–Crippen LogP) is 3.06. The summed E-state index contributed by atoms with van der Waals surface area (Å²) in [5.41, 5.74) is 1.01. The number of pyridine rings is 1. The van der Waals surface area contributed by atoms with Gasteiger partial charge in [0.25, 0.3) is 0 Å². The van der Waals surface area contributed by atoms with Crippen LogP contribution in [-0.4, -0.2) is 23.3 Å². The van der Waals surface area contributed by atoms with E-state index in [4.69, 9.17) is 14.6 Å². The molecule has 3 rings (SSSR count). The van der Waals surface area contributed by atoms with Crippen LogP contribution in [0.15, 0.2) is 36.4 Å². The Bertz CT molecular complexity index is 797. The molecule has 0 spiro atoms. The second-order valence-electron chi connectivity index (χ2n) is 6.85.